The van der Waals surface area contributed by atoms with Gasteiger partial charge in [-0.05, 0) is 64.2 Å². The van der Waals surface area contributed by atoms with Crippen LogP contribution in [0.4, 0.5) is 5.82 Å². The number of nitrogens with zero attached hydrogens (tertiary/aromatic N) is 4. The normalized spacial score (nSPS) is 18.7. The maximum absolute atomic E-state index is 5.70. The number of hydrogen-bond acceptors (Lipinski definition) is 5. The van der Waals surface area contributed by atoms with E-state index in [9.17, 15) is 0 Å². The van der Waals surface area contributed by atoms with Gasteiger partial charge in [-0.2, -0.15) is 0 Å². The summed E-state index contributed by atoms with van der Waals surface area (Å²) in [4.78, 5) is 14.5. The minimum atomic E-state index is 0. The highest BCUT2D eigenvalue weighted by atomic mass is 127. The van der Waals surface area contributed by atoms with E-state index in [2.05, 4.69) is 58.3 Å². The Morgan fingerprint density at radius 1 is 1.15 bits per heavy atom. The molecule has 3 rings (SSSR count). The molecule has 0 unspecified atom stereocenters. The third-order valence-electron chi connectivity index (χ3n) is 6.29. The van der Waals surface area contributed by atoms with Crippen LogP contribution in [0.2, 0.25) is 0 Å². The van der Waals surface area contributed by atoms with E-state index in [0.29, 0.717) is 18.7 Å². The Morgan fingerprint density at radius 2 is 1.88 bits per heavy atom. The second-order valence-electron chi connectivity index (χ2n) is 9.30. The molecule has 2 aliphatic rings. The van der Waals surface area contributed by atoms with Crippen LogP contribution in [0.15, 0.2) is 23.3 Å². The van der Waals surface area contributed by atoms with Gasteiger partial charge in [0.2, 0.25) is 0 Å². The number of aromatic nitrogens is 1. The first-order valence-corrected chi connectivity index (χ1v) is 12.7. The molecule has 0 saturated carbocycles. The fourth-order valence-corrected chi connectivity index (χ4v) is 4.43. The molecule has 1 aromatic rings. The number of hydrogen-bond donors (Lipinski definition) is 2. The number of nitrogens with one attached hydrogen (secondary N) is 2. The van der Waals surface area contributed by atoms with Crippen LogP contribution < -0.4 is 15.5 Å². The number of rotatable bonds is 9. The van der Waals surface area contributed by atoms with Gasteiger partial charge in [0.1, 0.15) is 5.82 Å². The molecule has 0 atom stereocenters. The molecule has 8 heteroatoms. The Morgan fingerprint density at radius 3 is 2.55 bits per heavy atom. The molecule has 2 fully saturated rings. The van der Waals surface area contributed by atoms with Gasteiger partial charge >= 0.3 is 0 Å². The van der Waals surface area contributed by atoms with Crippen LogP contribution in [0.5, 0.6) is 0 Å². The smallest absolute Gasteiger partial charge is 0.191 e. The van der Waals surface area contributed by atoms with Crippen molar-refractivity contribution < 1.29 is 4.74 Å². The standard InChI is InChI=1S/C25H44N6O.HI/c1-4-26-25(29-23-10-15-30(16-11-23)17-18-32-21(2)3)28-20-22-9-12-27-24(19-22)31-13-7-5-6-8-14-31;/h9,12,19,21,23H,4-8,10-11,13-18,20H2,1-3H3,(H2,26,28,29);1H. The zero-order chi connectivity index (χ0) is 22.6. The molecule has 1 aromatic heterocycles. The van der Waals surface area contributed by atoms with Gasteiger partial charge in [-0.25, -0.2) is 9.98 Å². The zero-order valence-electron chi connectivity index (χ0n) is 20.9. The first-order chi connectivity index (χ1) is 15.6. The van der Waals surface area contributed by atoms with Crippen molar-refractivity contribution in [3.8, 4) is 0 Å². The van der Waals surface area contributed by atoms with Crippen molar-refractivity contribution in [2.24, 2.45) is 4.99 Å². The number of anilines is 1. The molecular weight excluding hydrogens is 527 g/mol. The molecule has 0 amide bonds. The Kier molecular flexibility index (Phi) is 13.4. The highest BCUT2D eigenvalue weighted by Crippen LogP contribution is 2.18. The van der Waals surface area contributed by atoms with Crippen molar-refractivity contribution in [3.63, 3.8) is 0 Å². The highest BCUT2D eigenvalue weighted by molar-refractivity contribution is 14.0. The molecule has 0 spiro atoms. The van der Waals surface area contributed by atoms with E-state index in [4.69, 9.17) is 9.73 Å². The minimum Gasteiger partial charge on any atom is -0.377 e. The fraction of sp³-hybridized carbons (Fsp3) is 0.760. The lowest BCUT2D eigenvalue weighted by atomic mass is 10.1. The van der Waals surface area contributed by atoms with E-state index in [0.717, 1.165) is 70.5 Å². The van der Waals surface area contributed by atoms with Gasteiger partial charge < -0.3 is 25.2 Å². The van der Waals surface area contributed by atoms with Gasteiger partial charge in [0.05, 0.1) is 19.3 Å². The lowest BCUT2D eigenvalue weighted by molar-refractivity contribution is 0.0532. The molecule has 0 aliphatic carbocycles. The van der Waals surface area contributed by atoms with Crippen LogP contribution in [0.25, 0.3) is 0 Å². The summed E-state index contributed by atoms with van der Waals surface area (Å²) in [5.41, 5.74) is 1.22. The average molecular weight is 573 g/mol. The number of aliphatic imine (C=N–C) groups is 1. The molecule has 2 aliphatic heterocycles. The lowest BCUT2D eigenvalue weighted by Gasteiger charge is -2.33. The molecule has 33 heavy (non-hydrogen) atoms. The Balaban J connectivity index is 0.00000385. The van der Waals surface area contributed by atoms with Gasteiger partial charge in [-0.3, -0.25) is 0 Å². The number of pyridine rings is 1. The summed E-state index contributed by atoms with van der Waals surface area (Å²) < 4.78 is 5.70. The van der Waals surface area contributed by atoms with Crippen LogP contribution >= 0.6 is 24.0 Å². The zero-order valence-corrected chi connectivity index (χ0v) is 23.2. The number of ether oxygens (including phenoxy) is 1. The van der Waals surface area contributed by atoms with Crippen LogP contribution in [-0.2, 0) is 11.3 Å². The van der Waals surface area contributed by atoms with Crippen molar-refractivity contribution in [2.45, 2.75) is 78.0 Å². The predicted octanol–water partition coefficient (Wildman–Crippen LogP) is 4.02. The number of guanidine groups is 1. The van der Waals surface area contributed by atoms with Crippen LogP contribution in [0, 0.1) is 0 Å². The maximum atomic E-state index is 5.70. The third kappa shape index (κ3) is 10.3. The van der Waals surface area contributed by atoms with Gasteiger partial charge in [-0.1, -0.05) is 12.8 Å². The molecule has 0 radical (unpaired) electrons. The summed E-state index contributed by atoms with van der Waals surface area (Å²) in [6, 6.07) is 4.78. The summed E-state index contributed by atoms with van der Waals surface area (Å²) in [7, 11) is 0. The summed E-state index contributed by atoms with van der Waals surface area (Å²) in [6.07, 6.45) is 9.73. The van der Waals surface area contributed by atoms with E-state index in [-0.39, 0.29) is 24.0 Å². The molecule has 7 nitrogen and oxygen atoms in total. The molecule has 2 saturated heterocycles. The SMILES string of the molecule is CCNC(=NCc1ccnc(N2CCCCCC2)c1)NC1CCN(CCOC(C)C)CC1.I. The van der Waals surface area contributed by atoms with E-state index >= 15 is 0 Å². The highest BCUT2D eigenvalue weighted by Gasteiger charge is 2.20. The van der Waals surface area contributed by atoms with Gasteiger partial charge in [0.15, 0.2) is 5.96 Å². The van der Waals surface area contributed by atoms with Crippen molar-refractivity contribution in [2.75, 3.05) is 50.8 Å². The maximum Gasteiger partial charge on any atom is 0.191 e. The molecule has 0 aromatic carbocycles. The van der Waals surface area contributed by atoms with E-state index < -0.39 is 0 Å². The van der Waals surface area contributed by atoms with Crippen LogP contribution in [0.3, 0.4) is 0 Å². The van der Waals surface area contributed by atoms with Crippen molar-refractivity contribution in [1.82, 2.24) is 20.5 Å². The van der Waals surface area contributed by atoms with Crippen LogP contribution in [-0.4, -0.2) is 73.9 Å². The largest absolute Gasteiger partial charge is 0.377 e. The van der Waals surface area contributed by atoms with Crippen LogP contribution in [0.1, 0.15) is 64.9 Å². The fourth-order valence-electron chi connectivity index (χ4n) is 4.43. The summed E-state index contributed by atoms with van der Waals surface area (Å²) in [5, 5.41) is 7.09. The first kappa shape index (κ1) is 28.1. The second kappa shape index (κ2) is 15.7. The molecular formula is C25H45IN6O. The molecule has 3 heterocycles. The Bertz CT molecular complexity index is 685. The Labute approximate surface area is 218 Å². The molecule has 188 valence electrons. The predicted molar refractivity (Wildman–Crippen MR) is 149 cm³/mol. The van der Waals surface area contributed by atoms with Gasteiger partial charge in [0.25, 0.3) is 0 Å². The number of piperidine rings is 1. The summed E-state index contributed by atoms with van der Waals surface area (Å²) in [5.74, 6) is 2.02. The van der Waals surface area contributed by atoms with E-state index in [1.54, 1.807) is 0 Å². The lowest BCUT2D eigenvalue weighted by Crippen LogP contribution is -2.49. The summed E-state index contributed by atoms with van der Waals surface area (Å²) in [6.45, 7) is 14.2. The van der Waals surface area contributed by atoms with Crippen molar-refractivity contribution in [3.05, 3.63) is 23.9 Å². The quantitative estimate of drug-likeness (QED) is 0.265. The third-order valence-corrected chi connectivity index (χ3v) is 6.29. The molecule has 2 N–H and O–H groups in total. The van der Waals surface area contributed by atoms with Gasteiger partial charge in [-0.15, -0.1) is 24.0 Å². The van der Waals surface area contributed by atoms with E-state index in [1.807, 2.05) is 6.20 Å². The summed E-state index contributed by atoms with van der Waals surface area (Å²) >= 11 is 0. The second-order valence-corrected chi connectivity index (χ2v) is 9.30. The van der Waals surface area contributed by atoms with Crippen molar-refractivity contribution in [1.29, 1.82) is 0 Å². The van der Waals surface area contributed by atoms with Crippen molar-refractivity contribution >= 4 is 35.8 Å². The monoisotopic (exact) mass is 572 g/mol. The average Bonchev–Trinajstić information content (AvgIpc) is 3.08. The number of likely N-dealkylation sites (tertiary alicyclic amines) is 1. The van der Waals surface area contributed by atoms with Gasteiger partial charge in [0, 0.05) is 51.5 Å². The van der Waals surface area contributed by atoms with E-state index in [1.165, 1.54) is 31.2 Å². The number of halogens is 1. The first-order valence-electron chi connectivity index (χ1n) is 12.7. The molecule has 0 bridgehead atoms. The minimum absolute atomic E-state index is 0. The Hall–Kier alpha value is -1.13. The topological polar surface area (TPSA) is 65.0 Å².